The van der Waals surface area contributed by atoms with Gasteiger partial charge in [-0.3, -0.25) is 0 Å². The molecule has 0 aromatic carbocycles. The van der Waals surface area contributed by atoms with E-state index in [1.807, 2.05) is 13.8 Å². The van der Waals surface area contributed by atoms with Crippen molar-refractivity contribution in [2.24, 2.45) is 0 Å². The third kappa shape index (κ3) is 73.6. The van der Waals surface area contributed by atoms with E-state index in [0.29, 0.717) is 0 Å². The Morgan fingerprint density at radius 2 is 1.00 bits per heavy atom. The SMILES string of the molecule is CC[S-].CC[S-].[Ca+2]. The zero-order chi connectivity index (χ0) is 5.41. The van der Waals surface area contributed by atoms with E-state index in [4.69, 9.17) is 0 Å². The van der Waals surface area contributed by atoms with Crippen LogP contribution in [0.5, 0.6) is 0 Å². The van der Waals surface area contributed by atoms with E-state index in [2.05, 4.69) is 25.3 Å². The van der Waals surface area contributed by atoms with E-state index in [9.17, 15) is 0 Å². The van der Waals surface area contributed by atoms with Crippen LogP contribution in [0.4, 0.5) is 0 Å². The number of hydrogen-bond acceptors (Lipinski definition) is 2. The molecule has 0 atom stereocenters. The van der Waals surface area contributed by atoms with Gasteiger partial charge in [0.15, 0.2) is 0 Å². The van der Waals surface area contributed by atoms with Gasteiger partial charge >= 0.3 is 37.7 Å². The molecule has 0 amide bonds. The monoisotopic (exact) mass is 162 g/mol. The molecule has 0 saturated heterocycles. The maximum atomic E-state index is 4.39. The van der Waals surface area contributed by atoms with Crippen LogP contribution in [0.25, 0.3) is 0 Å². The van der Waals surface area contributed by atoms with E-state index in [0.717, 1.165) is 11.5 Å². The van der Waals surface area contributed by atoms with Crippen LogP contribution in [0.2, 0.25) is 0 Å². The molecule has 0 radical (unpaired) electrons. The van der Waals surface area contributed by atoms with Gasteiger partial charge in [-0.05, 0) is 0 Å². The van der Waals surface area contributed by atoms with Crippen LogP contribution in [0.1, 0.15) is 13.8 Å². The predicted octanol–water partition coefficient (Wildman–Crippen LogP) is 0.726. The summed E-state index contributed by atoms with van der Waals surface area (Å²) >= 11 is 8.79. The van der Waals surface area contributed by atoms with Crippen LogP contribution in [-0.4, -0.2) is 49.2 Å². The van der Waals surface area contributed by atoms with Gasteiger partial charge < -0.3 is 25.3 Å². The quantitative estimate of drug-likeness (QED) is 0.380. The Labute approximate surface area is 87.3 Å². The van der Waals surface area contributed by atoms with E-state index >= 15 is 0 Å². The molecule has 0 aliphatic rings. The molecule has 0 aromatic heterocycles. The molecule has 0 unspecified atom stereocenters. The van der Waals surface area contributed by atoms with Crippen molar-refractivity contribution in [2.45, 2.75) is 13.8 Å². The third-order valence-corrected chi connectivity index (χ3v) is 0. The molecule has 0 rings (SSSR count). The molecule has 0 nitrogen and oxygen atoms in total. The standard InChI is InChI=1S/2C2H6S.Ca/c2*1-2-3;/h2*3H,2H2,1H3;/q;;+2/p-2. The Kier molecular flexibility index (Phi) is 56.1. The van der Waals surface area contributed by atoms with Gasteiger partial charge in [0.05, 0.1) is 0 Å². The summed E-state index contributed by atoms with van der Waals surface area (Å²) in [5.41, 5.74) is 0. The topological polar surface area (TPSA) is 0 Å². The minimum absolute atomic E-state index is 0. The Bertz CT molecular complexity index is 11.7. The second-order valence-electron chi connectivity index (χ2n) is 0.577. The first-order valence-corrected chi connectivity index (χ1v) is 3.15. The van der Waals surface area contributed by atoms with Crippen LogP contribution in [-0.2, 0) is 25.3 Å². The zero-order valence-electron chi connectivity index (χ0n) is 4.94. The summed E-state index contributed by atoms with van der Waals surface area (Å²) in [6.45, 7) is 3.88. The summed E-state index contributed by atoms with van der Waals surface area (Å²) in [7, 11) is 0. The van der Waals surface area contributed by atoms with Gasteiger partial charge in [0.25, 0.3) is 0 Å². The molecule has 3 heteroatoms. The van der Waals surface area contributed by atoms with Gasteiger partial charge in [-0.25, -0.2) is 0 Å². The Balaban J connectivity index is -0.0000000400. The summed E-state index contributed by atoms with van der Waals surface area (Å²) < 4.78 is 0. The molecule has 0 bridgehead atoms. The van der Waals surface area contributed by atoms with Crippen LogP contribution in [0, 0.1) is 0 Å². The maximum absolute atomic E-state index is 4.39. The molecule has 7 heavy (non-hydrogen) atoms. The molecule has 0 heterocycles. The molecular weight excluding hydrogens is 152 g/mol. The van der Waals surface area contributed by atoms with Gasteiger partial charge in [0.1, 0.15) is 0 Å². The average molecular weight is 162 g/mol. The van der Waals surface area contributed by atoms with Gasteiger partial charge in [-0.2, -0.15) is 11.5 Å². The normalized spacial score (nSPS) is 5.14. The van der Waals surface area contributed by atoms with Crippen molar-refractivity contribution in [3.05, 3.63) is 0 Å². The summed E-state index contributed by atoms with van der Waals surface area (Å²) in [6.07, 6.45) is 0. The number of rotatable bonds is 0. The first-order valence-electron chi connectivity index (χ1n) is 1.99. The molecule has 0 fully saturated rings. The fourth-order valence-corrected chi connectivity index (χ4v) is 0. The zero-order valence-corrected chi connectivity index (χ0v) is 8.78. The van der Waals surface area contributed by atoms with Gasteiger partial charge in [-0.1, -0.05) is 13.8 Å². The van der Waals surface area contributed by atoms with Gasteiger partial charge in [-0.15, -0.1) is 0 Å². The third-order valence-electron chi connectivity index (χ3n) is 0. The fourth-order valence-electron chi connectivity index (χ4n) is 0. The molecule has 0 spiro atoms. The van der Waals surface area contributed by atoms with Crippen LogP contribution in [0.3, 0.4) is 0 Å². The van der Waals surface area contributed by atoms with E-state index < -0.39 is 0 Å². The van der Waals surface area contributed by atoms with Crippen LogP contribution in [0.15, 0.2) is 0 Å². The number of hydrogen-bond donors (Lipinski definition) is 0. The van der Waals surface area contributed by atoms with Crippen molar-refractivity contribution in [3.8, 4) is 0 Å². The van der Waals surface area contributed by atoms with Crippen molar-refractivity contribution >= 4 is 63.0 Å². The first-order chi connectivity index (χ1) is 2.83. The van der Waals surface area contributed by atoms with Crippen molar-refractivity contribution in [2.75, 3.05) is 11.5 Å². The fraction of sp³-hybridized carbons (Fsp3) is 1.00. The molecule has 0 saturated carbocycles. The van der Waals surface area contributed by atoms with Gasteiger partial charge in [0.2, 0.25) is 0 Å². The van der Waals surface area contributed by atoms with E-state index in [1.165, 1.54) is 0 Å². The van der Waals surface area contributed by atoms with Crippen LogP contribution >= 0.6 is 0 Å². The minimum Gasteiger partial charge on any atom is -0.793 e. The molecule has 0 aliphatic carbocycles. The predicted molar refractivity (Wildman–Crippen MR) is 41.6 cm³/mol. The van der Waals surface area contributed by atoms with Crippen molar-refractivity contribution in [1.29, 1.82) is 0 Å². The van der Waals surface area contributed by atoms with Crippen LogP contribution < -0.4 is 0 Å². The summed E-state index contributed by atoms with van der Waals surface area (Å²) in [5.74, 6) is 1.67. The van der Waals surface area contributed by atoms with Crippen molar-refractivity contribution in [1.82, 2.24) is 0 Å². The Morgan fingerprint density at radius 3 is 1.00 bits per heavy atom. The molecule has 0 N–H and O–H groups in total. The molecule has 0 aromatic rings. The van der Waals surface area contributed by atoms with E-state index in [1.54, 1.807) is 0 Å². The van der Waals surface area contributed by atoms with E-state index in [-0.39, 0.29) is 37.7 Å². The minimum atomic E-state index is 0. The Morgan fingerprint density at radius 1 is 1.00 bits per heavy atom. The Hall–Kier alpha value is 1.96. The van der Waals surface area contributed by atoms with Gasteiger partial charge in [0, 0.05) is 0 Å². The van der Waals surface area contributed by atoms with Crippen molar-refractivity contribution < 1.29 is 0 Å². The van der Waals surface area contributed by atoms with Crippen molar-refractivity contribution in [3.63, 3.8) is 0 Å². The smallest absolute Gasteiger partial charge is 0.793 e. The summed E-state index contributed by atoms with van der Waals surface area (Å²) in [6, 6.07) is 0. The molecular formula is C4H10CaS2. The second kappa shape index (κ2) is 24.6. The maximum Gasteiger partial charge on any atom is 2.00 e. The average Bonchev–Trinajstić information content (AvgIpc) is 1.39. The summed E-state index contributed by atoms with van der Waals surface area (Å²) in [4.78, 5) is 0. The largest absolute Gasteiger partial charge is 2.00 e. The summed E-state index contributed by atoms with van der Waals surface area (Å²) in [5, 5.41) is 0. The molecule has 40 valence electrons. The first kappa shape index (κ1) is 16.0. The second-order valence-corrected chi connectivity index (χ2v) is 1.73. The molecule has 0 aliphatic heterocycles.